The zero-order valence-corrected chi connectivity index (χ0v) is 33.5. The number of carboxylic acid groups (broad SMARTS) is 2. The van der Waals surface area contributed by atoms with Crippen molar-refractivity contribution in [2.24, 2.45) is 5.92 Å². The van der Waals surface area contributed by atoms with E-state index in [-0.39, 0.29) is 18.0 Å². The lowest BCUT2D eigenvalue weighted by molar-refractivity contribution is -0.141. The van der Waals surface area contributed by atoms with Gasteiger partial charge in [-0.25, -0.2) is 14.4 Å². The van der Waals surface area contributed by atoms with E-state index in [1.54, 1.807) is 48.5 Å². The minimum absolute atomic E-state index is 0.0435. The summed E-state index contributed by atoms with van der Waals surface area (Å²) in [6.45, 7) is 15.9. The summed E-state index contributed by atoms with van der Waals surface area (Å²) >= 11 is 0. The Kier molecular flexibility index (Phi) is 16.4. The maximum absolute atomic E-state index is 12.2. The first-order valence-corrected chi connectivity index (χ1v) is 18.7. The Morgan fingerprint density at radius 1 is 0.589 bits per heavy atom. The summed E-state index contributed by atoms with van der Waals surface area (Å²) in [5, 5.41) is 24.0. The molecule has 0 aromatic heterocycles. The van der Waals surface area contributed by atoms with Crippen LogP contribution in [-0.4, -0.2) is 57.6 Å². The van der Waals surface area contributed by atoms with Gasteiger partial charge in [0.1, 0.15) is 11.2 Å². The van der Waals surface area contributed by atoms with Crippen molar-refractivity contribution in [2.45, 2.75) is 97.4 Å². The highest BCUT2D eigenvalue weighted by Gasteiger charge is 2.24. The second-order valence-corrected chi connectivity index (χ2v) is 15.8. The normalized spacial score (nSPS) is 12.8. The second kappa shape index (κ2) is 20.7. The number of carboxylic acids is 2. The van der Waals surface area contributed by atoms with Gasteiger partial charge >= 0.3 is 24.1 Å². The third-order valence-corrected chi connectivity index (χ3v) is 8.38. The van der Waals surface area contributed by atoms with Gasteiger partial charge in [0.25, 0.3) is 0 Å². The Balaban J connectivity index is 0.000000300. The average molecular weight is 765 g/mol. The van der Waals surface area contributed by atoms with Crippen LogP contribution in [0.1, 0.15) is 72.4 Å². The first kappa shape index (κ1) is 44.5. The number of carbonyl (C=O) groups excluding carboxylic acids is 2. The van der Waals surface area contributed by atoms with Crippen LogP contribution in [0.25, 0.3) is 22.3 Å². The molecule has 3 unspecified atom stereocenters. The molecule has 10 nitrogen and oxygen atoms in total. The smallest absolute Gasteiger partial charge is 0.407 e. The van der Waals surface area contributed by atoms with Crippen LogP contribution >= 0.6 is 0 Å². The van der Waals surface area contributed by atoms with Crippen molar-refractivity contribution in [3.8, 4) is 22.3 Å². The third kappa shape index (κ3) is 16.6. The number of carbonyl (C=O) groups is 4. The van der Waals surface area contributed by atoms with Crippen LogP contribution < -0.4 is 10.6 Å². The standard InChI is InChI=1S/C23H29NO4.C23H27NO4/c2*1-16(21(25)26)14-20(24-22(27)28-23(2,3)4)15-17-10-12-19(13-11-17)18-8-6-5-7-9-18/h5-13,16,20H,14-15H2,1-4H3,(H,24,27)(H,25,26);5-13,20H,1,14-15H2,2-4H3,(H,24,27)(H,25,26). The molecule has 0 aliphatic carbocycles. The molecule has 4 aromatic rings. The first-order valence-electron chi connectivity index (χ1n) is 18.7. The molecule has 10 heteroatoms. The molecule has 0 aliphatic heterocycles. The predicted molar refractivity (Wildman–Crippen MR) is 220 cm³/mol. The topological polar surface area (TPSA) is 151 Å². The van der Waals surface area contributed by atoms with E-state index < -0.39 is 47.3 Å². The fourth-order valence-corrected chi connectivity index (χ4v) is 5.73. The van der Waals surface area contributed by atoms with Gasteiger partial charge in [-0.05, 0) is 101 Å². The Morgan fingerprint density at radius 3 is 1.30 bits per heavy atom. The molecular weight excluding hydrogens is 709 g/mol. The molecule has 0 fully saturated rings. The van der Waals surface area contributed by atoms with E-state index in [4.69, 9.17) is 14.6 Å². The third-order valence-electron chi connectivity index (χ3n) is 8.38. The monoisotopic (exact) mass is 764 g/mol. The van der Waals surface area contributed by atoms with Crippen molar-refractivity contribution in [3.05, 3.63) is 132 Å². The minimum Gasteiger partial charge on any atom is -0.481 e. The SMILES string of the molecule is C=C(CC(Cc1ccc(-c2ccccc2)cc1)NC(=O)OC(C)(C)C)C(=O)O.CC(CC(Cc1ccc(-c2ccccc2)cc1)NC(=O)OC(C)(C)C)C(=O)O. The molecule has 0 spiro atoms. The molecule has 4 rings (SSSR count). The van der Waals surface area contributed by atoms with Crippen LogP contribution in [0, 0.1) is 5.92 Å². The molecule has 56 heavy (non-hydrogen) atoms. The van der Waals surface area contributed by atoms with Crippen molar-refractivity contribution in [1.29, 1.82) is 0 Å². The number of amides is 2. The molecule has 4 N–H and O–H groups in total. The van der Waals surface area contributed by atoms with Crippen LogP contribution in [0.2, 0.25) is 0 Å². The van der Waals surface area contributed by atoms with E-state index in [9.17, 15) is 24.3 Å². The summed E-state index contributed by atoms with van der Waals surface area (Å²) in [7, 11) is 0. The number of hydrogen-bond donors (Lipinski definition) is 4. The zero-order valence-electron chi connectivity index (χ0n) is 33.5. The van der Waals surface area contributed by atoms with Crippen molar-refractivity contribution in [1.82, 2.24) is 10.6 Å². The van der Waals surface area contributed by atoms with Crippen LogP contribution in [0.5, 0.6) is 0 Å². The molecule has 4 aromatic carbocycles. The van der Waals surface area contributed by atoms with Crippen molar-refractivity contribution in [2.75, 3.05) is 0 Å². The number of aliphatic carboxylic acids is 2. The van der Waals surface area contributed by atoms with Crippen molar-refractivity contribution < 1.29 is 38.9 Å². The summed E-state index contributed by atoms with van der Waals surface area (Å²) in [6, 6.07) is 35.4. The summed E-state index contributed by atoms with van der Waals surface area (Å²) in [5.41, 5.74) is 5.28. The maximum Gasteiger partial charge on any atom is 0.407 e. The molecule has 0 aliphatic rings. The highest BCUT2D eigenvalue weighted by molar-refractivity contribution is 5.86. The van der Waals surface area contributed by atoms with Gasteiger partial charge in [0.05, 0.1) is 5.92 Å². The van der Waals surface area contributed by atoms with Crippen molar-refractivity contribution >= 4 is 24.1 Å². The summed E-state index contributed by atoms with van der Waals surface area (Å²) in [4.78, 5) is 46.7. The average Bonchev–Trinajstić information content (AvgIpc) is 3.11. The number of ether oxygens (including phenoxy) is 2. The van der Waals surface area contributed by atoms with Gasteiger partial charge in [0.2, 0.25) is 0 Å². The van der Waals surface area contributed by atoms with Crippen molar-refractivity contribution in [3.63, 3.8) is 0 Å². The van der Waals surface area contributed by atoms with E-state index in [0.717, 1.165) is 33.4 Å². The predicted octanol–water partition coefficient (Wildman–Crippen LogP) is 9.72. The lowest BCUT2D eigenvalue weighted by Gasteiger charge is -2.24. The van der Waals surface area contributed by atoms with Gasteiger partial charge in [-0.1, -0.05) is 123 Å². The molecule has 298 valence electrons. The Morgan fingerprint density at radius 2 is 0.946 bits per heavy atom. The molecule has 2 amide bonds. The van der Waals surface area contributed by atoms with E-state index >= 15 is 0 Å². The molecule has 0 bridgehead atoms. The molecule has 3 atom stereocenters. The largest absolute Gasteiger partial charge is 0.481 e. The molecule has 0 saturated heterocycles. The first-order chi connectivity index (χ1) is 26.3. The Labute approximate surface area is 331 Å². The Bertz CT molecular complexity index is 1880. The van der Waals surface area contributed by atoms with Crippen LogP contribution in [0.3, 0.4) is 0 Å². The second-order valence-electron chi connectivity index (χ2n) is 15.8. The summed E-state index contributed by atoms with van der Waals surface area (Å²) in [6.07, 6.45) is 0.365. The van der Waals surface area contributed by atoms with Gasteiger partial charge < -0.3 is 30.3 Å². The Hall–Kier alpha value is -5.90. The highest BCUT2D eigenvalue weighted by Crippen LogP contribution is 2.22. The summed E-state index contributed by atoms with van der Waals surface area (Å²) < 4.78 is 10.6. The number of hydrogen-bond acceptors (Lipinski definition) is 6. The molecule has 0 radical (unpaired) electrons. The fraction of sp³-hybridized carbons (Fsp3) is 0.348. The number of alkyl carbamates (subject to hydrolysis) is 2. The number of rotatable bonds is 14. The number of nitrogens with one attached hydrogen (secondary N) is 2. The quantitative estimate of drug-likeness (QED) is 0.0927. The van der Waals surface area contributed by atoms with E-state index in [0.29, 0.717) is 19.3 Å². The van der Waals surface area contributed by atoms with Gasteiger partial charge in [0, 0.05) is 17.7 Å². The van der Waals surface area contributed by atoms with E-state index in [1.165, 1.54) is 0 Å². The van der Waals surface area contributed by atoms with Gasteiger partial charge in [0.15, 0.2) is 0 Å². The van der Waals surface area contributed by atoms with E-state index in [1.807, 2.05) is 97.1 Å². The lowest BCUT2D eigenvalue weighted by atomic mass is 9.95. The lowest BCUT2D eigenvalue weighted by Crippen LogP contribution is -2.41. The molecule has 0 saturated carbocycles. The molecule has 0 heterocycles. The van der Waals surface area contributed by atoms with Crippen LogP contribution in [-0.2, 0) is 31.9 Å². The maximum atomic E-state index is 12.2. The fourth-order valence-electron chi connectivity index (χ4n) is 5.73. The van der Waals surface area contributed by atoms with E-state index in [2.05, 4.69) is 29.3 Å². The number of benzene rings is 4. The highest BCUT2D eigenvalue weighted by atomic mass is 16.6. The van der Waals surface area contributed by atoms with Crippen LogP contribution in [0.4, 0.5) is 9.59 Å². The summed E-state index contributed by atoms with van der Waals surface area (Å²) in [5.74, 6) is -2.52. The van der Waals surface area contributed by atoms with Gasteiger partial charge in [-0.3, -0.25) is 4.79 Å². The zero-order chi connectivity index (χ0) is 41.5. The van der Waals surface area contributed by atoms with Crippen LogP contribution in [0.15, 0.2) is 121 Å². The van der Waals surface area contributed by atoms with Gasteiger partial charge in [-0.2, -0.15) is 0 Å². The minimum atomic E-state index is -1.07. The molecular formula is C46H56N2O8. The van der Waals surface area contributed by atoms with Gasteiger partial charge in [-0.15, -0.1) is 0 Å².